The van der Waals surface area contributed by atoms with Crippen molar-refractivity contribution >= 4 is 5.82 Å². The molecule has 2 rings (SSSR count). The molecular weight excluding hydrogens is 221 g/mol. The zero-order valence-electron chi connectivity index (χ0n) is 9.99. The average Bonchev–Trinajstić information content (AvgIpc) is 2.74. The van der Waals surface area contributed by atoms with Crippen LogP contribution in [0.25, 0.3) is 0 Å². The Labute approximate surface area is 100 Å². The molecule has 0 bridgehead atoms. The maximum atomic E-state index is 13.8. The van der Waals surface area contributed by atoms with Gasteiger partial charge in [0.25, 0.3) is 0 Å². The zero-order valence-corrected chi connectivity index (χ0v) is 9.99. The highest BCUT2D eigenvalue weighted by Crippen LogP contribution is 2.26. The normalized spacial score (nSPS) is 23.9. The number of aliphatic hydroxyl groups excluding tert-OH is 1. The molecule has 0 radical (unpaired) electrons. The second-order valence-corrected chi connectivity index (χ2v) is 4.48. The number of anilines is 1. The van der Waals surface area contributed by atoms with Gasteiger partial charge in [-0.25, -0.2) is 14.4 Å². The van der Waals surface area contributed by atoms with E-state index in [1.807, 2.05) is 6.92 Å². The van der Waals surface area contributed by atoms with Crippen molar-refractivity contribution in [2.75, 3.05) is 11.9 Å². The van der Waals surface area contributed by atoms with Crippen molar-refractivity contribution in [2.45, 2.75) is 38.7 Å². The van der Waals surface area contributed by atoms with Crippen molar-refractivity contribution in [1.82, 2.24) is 9.97 Å². The van der Waals surface area contributed by atoms with Gasteiger partial charge >= 0.3 is 0 Å². The number of rotatable bonds is 4. The number of nitrogens with one attached hydrogen (secondary N) is 1. The van der Waals surface area contributed by atoms with Gasteiger partial charge in [-0.3, -0.25) is 0 Å². The van der Waals surface area contributed by atoms with Crippen LogP contribution in [0.1, 0.15) is 31.9 Å². The molecule has 1 fully saturated rings. The molecule has 17 heavy (non-hydrogen) atoms. The van der Waals surface area contributed by atoms with Crippen molar-refractivity contribution in [3.63, 3.8) is 0 Å². The topological polar surface area (TPSA) is 58.0 Å². The van der Waals surface area contributed by atoms with Gasteiger partial charge in [0.05, 0.1) is 11.8 Å². The first kappa shape index (κ1) is 12.2. The average molecular weight is 239 g/mol. The van der Waals surface area contributed by atoms with Crippen LogP contribution >= 0.6 is 0 Å². The minimum Gasteiger partial charge on any atom is -0.393 e. The second-order valence-electron chi connectivity index (χ2n) is 4.48. The Bertz CT molecular complexity index is 386. The number of aliphatic hydroxyl groups is 1. The lowest BCUT2D eigenvalue weighted by Gasteiger charge is -2.16. The number of halogens is 1. The van der Waals surface area contributed by atoms with E-state index in [1.54, 1.807) is 0 Å². The Balaban J connectivity index is 1.99. The summed E-state index contributed by atoms with van der Waals surface area (Å²) in [6, 6.07) is 0. The second kappa shape index (κ2) is 5.40. The summed E-state index contributed by atoms with van der Waals surface area (Å²) in [7, 11) is 0. The van der Waals surface area contributed by atoms with E-state index in [4.69, 9.17) is 0 Å². The van der Waals surface area contributed by atoms with Crippen LogP contribution in [0.5, 0.6) is 0 Å². The molecule has 1 aliphatic carbocycles. The molecule has 94 valence electrons. The molecule has 5 heteroatoms. The lowest BCUT2D eigenvalue weighted by Crippen LogP contribution is -2.23. The molecule has 0 saturated heterocycles. The van der Waals surface area contributed by atoms with E-state index in [9.17, 15) is 9.50 Å². The van der Waals surface area contributed by atoms with Gasteiger partial charge in [0.1, 0.15) is 6.33 Å². The maximum Gasteiger partial charge on any atom is 0.186 e. The molecule has 1 heterocycles. The summed E-state index contributed by atoms with van der Waals surface area (Å²) in [6.07, 6.45) is 4.53. The van der Waals surface area contributed by atoms with E-state index in [2.05, 4.69) is 15.3 Å². The van der Waals surface area contributed by atoms with Crippen LogP contribution in [0.2, 0.25) is 0 Å². The van der Waals surface area contributed by atoms with Crippen molar-refractivity contribution in [3.05, 3.63) is 17.8 Å². The fourth-order valence-corrected chi connectivity index (χ4v) is 2.26. The quantitative estimate of drug-likeness (QED) is 0.840. The summed E-state index contributed by atoms with van der Waals surface area (Å²) in [4.78, 5) is 7.77. The van der Waals surface area contributed by atoms with Crippen LogP contribution in [-0.2, 0) is 6.42 Å². The SMILES string of the molecule is CCc1ncnc(NC[C@H]2CCC[C@@H]2O)c1F. The number of aromatic nitrogens is 2. The number of hydrogen-bond donors (Lipinski definition) is 2. The van der Waals surface area contributed by atoms with Gasteiger partial charge in [-0.1, -0.05) is 13.3 Å². The van der Waals surface area contributed by atoms with Gasteiger partial charge in [-0.15, -0.1) is 0 Å². The monoisotopic (exact) mass is 239 g/mol. The van der Waals surface area contributed by atoms with Crippen molar-refractivity contribution in [2.24, 2.45) is 5.92 Å². The number of nitrogens with zero attached hydrogens (tertiary/aromatic N) is 2. The Morgan fingerprint density at radius 2 is 2.29 bits per heavy atom. The van der Waals surface area contributed by atoms with Crippen LogP contribution in [0.3, 0.4) is 0 Å². The third-order valence-corrected chi connectivity index (χ3v) is 3.35. The third-order valence-electron chi connectivity index (χ3n) is 3.35. The predicted octanol–water partition coefficient (Wildman–Crippen LogP) is 1.75. The fraction of sp³-hybridized carbons (Fsp3) is 0.667. The standard InChI is InChI=1S/C12H18FN3O/c1-2-9-11(13)12(16-7-15-9)14-6-8-4-3-5-10(8)17/h7-8,10,17H,2-6H2,1H3,(H,14,15,16)/t8-,10+/m1/s1. The van der Waals surface area contributed by atoms with E-state index < -0.39 is 0 Å². The molecule has 2 atom stereocenters. The predicted molar refractivity (Wildman–Crippen MR) is 63.2 cm³/mol. The van der Waals surface area contributed by atoms with E-state index in [0.717, 1.165) is 19.3 Å². The van der Waals surface area contributed by atoms with Crippen molar-refractivity contribution < 1.29 is 9.50 Å². The molecule has 0 unspecified atom stereocenters. The highest BCUT2D eigenvalue weighted by molar-refractivity contribution is 5.37. The summed E-state index contributed by atoms with van der Waals surface area (Å²) in [6.45, 7) is 2.42. The molecule has 0 spiro atoms. The zero-order chi connectivity index (χ0) is 12.3. The van der Waals surface area contributed by atoms with Crippen molar-refractivity contribution in [1.29, 1.82) is 0 Å². The van der Waals surface area contributed by atoms with Gasteiger partial charge in [0.2, 0.25) is 0 Å². The highest BCUT2D eigenvalue weighted by Gasteiger charge is 2.25. The third kappa shape index (κ3) is 2.72. The molecule has 2 N–H and O–H groups in total. The summed E-state index contributed by atoms with van der Waals surface area (Å²) in [5.74, 6) is 0.0767. The first-order valence-electron chi connectivity index (χ1n) is 6.13. The Morgan fingerprint density at radius 3 is 2.94 bits per heavy atom. The molecule has 1 aliphatic rings. The Morgan fingerprint density at radius 1 is 1.47 bits per heavy atom. The lowest BCUT2D eigenvalue weighted by atomic mass is 10.1. The fourth-order valence-electron chi connectivity index (χ4n) is 2.26. The van der Waals surface area contributed by atoms with Gasteiger partial charge in [0.15, 0.2) is 11.6 Å². The molecule has 0 aromatic carbocycles. The summed E-state index contributed by atoms with van der Waals surface area (Å²) in [5.41, 5.74) is 0.425. The summed E-state index contributed by atoms with van der Waals surface area (Å²) >= 11 is 0. The minimum atomic E-state index is -0.373. The molecule has 0 aliphatic heterocycles. The first-order chi connectivity index (χ1) is 8.22. The Kier molecular flexibility index (Phi) is 3.89. The molecule has 1 aromatic heterocycles. The molecule has 4 nitrogen and oxygen atoms in total. The largest absolute Gasteiger partial charge is 0.393 e. The molecule has 0 amide bonds. The van der Waals surface area contributed by atoms with Gasteiger partial charge in [-0.2, -0.15) is 0 Å². The number of aryl methyl sites for hydroxylation is 1. The van der Waals surface area contributed by atoms with E-state index >= 15 is 0 Å². The molecule has 1 saturated carbocycles. The van der Waals surface area contributed by atoms with Crippen LogP contribution < -0.4 is 5.32 Å². The highest BCUT2D eigenvalue weighted by atomic mass is 19.1. The summed E-state index contributed by atoms with van der Waals surface area (Å²) < 4.78 is 13.8. The minimum absolute atomic E-state index is 0.203. The first-order valence-corrected chi connectivity index (χ1v) is 6.13. The summed E-state index contributed by atoms with van der Waals surface area (Å²) in [5, 5.41) is 12.6. The van der Waals surface area contributed by atoms with Gasteiger partial charge in [-0.05, 0) is 19.3 Å². The van der Waals surface area contributed by atoms with E-state index in [0.29, 0.717) is 18.7 Å². The van der Waals surface area contributed by atoms with Crippen molar-refractivity contribution in [3.8, 4) is 0 Å². The molecular formula is C12H18FN3O. The van der Waals surface area contributed by atoms with Crippen LogP contribution in [0, 0.1) is 11.7 Å². The van der Waals surface area contributed by atoms with E-state index in [1.165, 1.54) is 6.33 Å². The van der Waals surface area contributed by atoms with Crippen LogP contribution in [0.15, 0.2) is 6.33 Å². The smallest absolute Gasteiger partial charge is 0.186 e. The van der Waals surface area contributed by atoms with Gasteiger partial charge in [0, 0.05) is 12.5 Å². The molecule has 1 aromatic rings. The van der Waals surface area contributed by atoms with E-state index in [-0.39, 0.29) is 23.7 Å². The Hall–Kier alpha value is -1.23. The lowest BCUT2D eigenvalue weighted by molar-refractivity contribution is 0.138. The van der Waals surface area contributed by atoms with Crippen LogP contribution in [0.4, 0.5) is 10.2 Å². The maximum absolute atomic E-state index is 13.8. The van der Waals surface area contributed by atoms with Crippen LogP contribution in [-0.4, -0.2) is 27.7 Å². The number of hydrogen-bond acceptors (Lipinski definition) is 4. The van der Waals surface area contributed by atoms with Gasteiger partial charge < -0.3 is 10.4 Å².